The SMILES string of the molecule is COC(=O)c1ccoc1CSc1ccc(N)c(F)c1. The van der Waals surface area contributed by atoms with E-state index >= 15 is 0 Å². The number of nitrogen functional groups attached to an aromatic ring is 1. The van der Waals surface area contributed by atoms with Crippen LogP contribution in [-0.2, 0) is 10.5 Å². The molecule has 0 amide bonds. The van der Waals surface area contributed by atoms with Gasteiger partial charge in [0.25, 0.3) is 0 Å². The Bertz CT molecular complexity index is 597. The first-order valence-electron chi connectivity index (χ1n) is 5.44. The average Bonchev–Trinajstić information content (AvgIpc) is 2.87. The topological polar surface area (TPSA) is 65.5 Å². The number of furan rings is 1. The Morgan fingerprint density at radius 1 is 1.47 bits per heavy atom. The lowest BCUT2D eigenvalue weighted by Gasteiger charge is -2.03. The molecule has 1 aromatic heterocycles. The third-order valence-corrected chi connectivity index (χ3v) is 3.49. The van der Waals surface area contributed by atoms with E-state index in [1.54, 1.807) is 12.1 Å². The number of carbonyl (C=O) groups is 1. The molecule has 100 valence electrons. The second kappa shape index (κ2) is 5.79. The fourth-order valence-electron chi connectivity index (χ4n) is 1.49. The van der Waals surface area contributed by atoms with Crippen molar-refractivity contribution in [2.75, 3.05) is 12.8 Å². The molecule has 6 heteroatoms. The summed E-state index contributed by atoms with van der Waals surface area (Å²) in [6.07, 6.45) is 1.42. The van der Waals surface area contributed by atoms with Crippen LogP contribution in [0.2, 0.25) is 0 Å². The standard InChI is InChI=1S/C13H12FNO3S/c1-17-13(16)9-4-5-18-12(9)7-19-8-2-3-11(15)10(14)6-8/h2-6H,7,15H2,1H3. The molecule has 0 fully saturated rings. The minimum Gasteiger partial charge on any atom is -0.468 e. The van der Waals surface area contributed by atoms with Crippen molar-refractivity contribution in [2.24, 2.45) is 0 Å². The van der Waals surface area contributed by atoms with Crippen LogP contribution in [0, 0.1) is 5.82 Å². The number of hydrogen-bond acceptors (Lipinski definition) is 5. The Morgan fingerprint density at radius 3 is 2.95 bits per heavy atom. The van der Waals surface area contributed by atoms with E-state index in [0.29, 0.717) is 22.0 Å². The van der Waals surface area contributed by atoms with Crippen molar-refractivity contribution in [3.05, 3.63) is 47.7 Å². The van der Waals surface area contributed by atoms with Crippen molar-refractivity contribution in [3.8, 4) is 0 Å². The van der Waals surface area contributed by atoms with Crippen LogP contribution >= 0.6 is 11.8 Å². The Kier molecular flexibility index (Phi) is 4.11. The summed E-state index contributed by atoms with van der Waals surface area (Å²) in [5.74, 6) is -0.0135. The number of thioether (sulfide) groups is 1. The largest absolute Gasteiger partial charge is 0.468 e. The first-order chi connectivity index (χ1) is 9.11. The summed E-state index contributed by atoms with van der Waals surface area (Å²) >= 11 is 1.35. The highest BCUT2D eigenvalue weighted by Crippen LogP contribution is 2.27. The normalized spacial score (nSPS) is 10.4. The van der Waals surface area contributed by atoms with Crippen molar-refractivity contribution in [3.63, 3.8) is 0 Å². The maximum Gasteiger partial charge on any atom is 0.341 e. The van der Waals surface area contributed by atoms with Crippen molar-refractivity contribution < 1.29 is 18.3 Å². The number of ether oxygens (including phenoxy) is 1. The maximum absolute atomic E-state index is 13.3. The molecule has 2 rings (SSSR count). The first kappa shape index (κ1) is 13.5. The highest BCUT2D eigenvalue weighted by atomic mass is 32.2. The Balaban J connectivity index is 2.08. The van der Waals surface area contributed by atoms with Crippen LogP contribution in [0.25, 0.3) is 0 Å². The number of halogens is 1. The number of rotatable bonds is 4. The lowest BCUT2D eigenvalue weighted by Crippen LogP contribution is -2.02. The molecule has 1 heterocycles. The highest BCUT2D eigenvalue weighted by molar-refractivity contribution is 7.98. The summed E-state index contributed by atoms with van der Waals surface area (Å²) in [5.41, 5.74) is 5.89. The molecule has 0 aliphatic rings. The van der Waals surface area contributed by atoms with Crippen molar-refractivity contribution in [1.82, 2.24) is 0 Å². The van der Waals surface area contributed by atoms with Crippen LogP contribution in [0.15, 0.2) is 39.8 Å². The number of benzene rings is 1. The molecule has 19 heavy (non-hydrogen) atoms. The summed E-state index contributed by atoms with van der Waals surface area (Å²) in [6, 6.07) is 6.11. The monoisotopic (exact) mass is 281 g/mol. The van der Waals surface area contributed by atoms with Crippen LogP contribution in [0.1, 0.15) is 16.1 Å². The highest BCUT2D eigenvalue weighted by Gasteiger charge is 2.15. The third kappa shape index (κ3) is 3.08. The van der Waals surface area contributed by atoms with Crippen molar-refractivity contribution >= 4 is 23.4 Å². The van der Waals surface area contributed by atoms with E-state index in [9.17, 15) is 9.18 Å². The van der Waals surface area contributed by atoms with E-state index in [-0.39, 0.29) is 5.69 Å². The zero-order valence-electron chi connectivity index (χ0n) is 10.2. The Morgan fingerprint density at radius 2 is 2.26 bits per heavy atom. The number of anilines is 1. The molecule has 0 unspecified atom stereocenters. The van der Waals surface area contributed by atoms with Gasteiger partial charge in [0.2, 0.25) is 0 Å². The van der Waals surface area contributed by atoms with Gasteiger partial charge in [0.05, 0.1) is 24.8 Å². The molecule has 0 saturated carbocycles. The van der Waals surface area contributed by atoms with Gasteiger partial charge in [0.1, 0.15) is 17.1 Å². The number of methoxy groups -OCH3 is 1. The number of esters is 1. The molecule has 2 aromatic rings. The van der Waals surface area contributed by atoms with Gasteiger partial charge in [-0.1, -0.05) is 0 Å². The second-order valence-electron chi connectivity index (χ2n) is 3.72. The Labute approximate surface area is 113 Å². The summed E-state index contributed by atoms with van der Waals surface area (Å²) in [6.45, 7) is 0. The average molecular weight is 281 g/mol. The van der Waals surface area contributed by atoms with Gasteiger partial charge in [0, 0.05) is 4.90 Å². The zero-order valence-corrected chi connectivity index (χ0v) is 11.0. The van der Waals surface area contributed by atoms with Gasteiger partial charge in [-0.25, -0.2) is 9.18 Å². The zero-order chi connectivity index (χ0) is 13.8. The molecule has 0 bridgehead atoms. The van der Waals surface area contributed by atoms with Crippen LogP contribution in [0.4, 0.5) is 10.1 Å². The van der Waals surface area contributed by atoms with E-state index < -0.39 is 11.8 Å². The number of nitrogens with two attached hydrogens (primary N) is 1. The van der Waals surface area contributed by atoms with E-state index in [1.165, 1.54) is 37.3 Å². The molecule has 1 aromatic carbocycles. The summed E-state index contributed by atoms with van der Waals surface area (Å²) in [7, 11) is 1.31. The molecular formula is C13H12FNO3S. The molecule has 0 spiro atoms. The van der Waals surface area contributed by atoms with Gasteiger partial charge in [-0.15, -0.1) is 11.8 Å². The van der Waals surface area contributed by atoms with E-state index in [1.807, 2.05) is 0 Å². The van der Waals surface area contributed by atoms with Crippen LogP contribution in [0.3, 0.4) is 0 Å². The van der Waals surface area contributed by atoms with Crippen LogP contribution in [-0.4, -0.2) is 13.1 Å². The molecule has 2 N–H and O–H groups in total. The molecule has 0 saturated heterocycles. The fourth-order valence-corrected chi connectivity index (χ4v) is 2.36. The van der Waals surface area contributed by atoms with Crippen molar-refractivity contribution in [1.29, 1.82) is 0 Å². The number of carbonyl (C=O) groups excluding carboxylic acids is 1. The Hall–Kier alpha value is -1.95. The molecule has 0 aliphatic carbocycles. The van der Waals surface area contributed by atoms with Gasteiger partial charge in [-0.2, -0.15) is 0 Å². The quantitative estimate of drug-likeness (QED) is 0.530. The predicted molar refractivity (Wildman–Crippen MR) is 70.4 cm³/mol. The van der Waals surface area contributed by atoms with Gasteiger partial charge in [0.15, 0.2) is 0 Å². The van der Waals surface area contributed by atoms with E-state index in [0.717, 1.165) is 0 Å². The first-order valence-corrected chi connectivity index (χ1v) is 6.43. The van der Waals surface area contributed by atoms with E-state index in [4.69, 9.17) is 10.2 Å². The minimum absolute atomic E-state index is 0.109. The van der Waals surface area contributed by atoms with Crippen LogP contribution in [0.5, 0.6) is 0 Å². The predicted octanol–water partition coefficient (Wildman–Crippen LogP) is 3.08. The lowest BCUT2D eigenvalue weighted by molar-refractivity contribution is 0.0598. The molecule has 4 nitrogen and oxygen atoms in total. The fraction of sp³-hybridized carbons (Fsp3) is 0.154. The molecule has 0 atom stereocenters. The smallest absolute Gasteiger partial charge is 0.341 e. The van der Waals surface area contributed by atoms with Gasteiger partial charge in [-0.3, -0.25) is 0 Å². The van der Waals surface area contributed by atoms with Crippen molar-refractivity contribution in [2.45, 2.75) is 10.6 Å². The minimum atomic E-state index is -0.461. The second-order valence-corrected chi connectivity index (χ2v) is 4.77. The lowest BCUT2D eigenvalue weighted by atomic mass is 10.3. The maximum atomic E-state index is 13.3. The van der Waals surface area contributed by atoms with Gasteiger partial charge in [-0.05, 0) is 24.3 Å². The van der Waals surface area contributed by atoms with E-state index in [2.05, 4.69) is 4.74 Å². The van der Waals surface area contributed by atoms with Gasteiger partial charge >= 0.3 is 5.97 Å². The summed E-state index contributed by atoms with van der Waals surface area (Å²) in [4.78, 5) is 12.1. The number of hydrogen-bond donors (Lipinski definition) is 1. The van der Waals surface area contributed by atoms with Gasteiger partial charge < -0.3 is 14.9 Å². The van der Waals surface area contributed by atoms with Crippen LogP contribution < -0.4 is 5.73 Å². The summed E-state index contributed by atoms with van der Waals surface area (Å²) in [5, 5.41) is 0. The molecule has 0 aliphatic heterocycles. The molecule has 0 radical (unpaired) electrons. The molecular weight excluding hydrogens is 269 g/mol. The third-order valence-electron chi connectivity index (χ3n) is 2.49. The summed E-state index contributed by atoms with van der Waals surface area (Å²) < 4.78 is 23.1.